The fourth-order valence-corrected chi connectivity index (χ4v) is 7.28. The quantitative estimate of drug-likeness (QED) is 0.211. The summed E-state index contributed by atoms with van der Waals surface area (Å²) < 4.78 is 4.83. The highest BCUT2D eigenvalue weighted by molar-refractivity contribution is 7.26. The molecule has 176 valence electrons. The molecule has 0 amide bonds. The van der Waals surface area contributed by atoms with E-state index in [2.05, 4.69) is 89.5 Å². The fraction of sp³-hybridized carbons (Fsp3) is 0. The summed E-state index contributed by atoms with van der Waals surface area (Å²) in [6.07, 6.45) is 3.75. The van der Waals surface area contributed by atoms with Crippen molar-refractivity contribution in [2.75, 3.05) is 0 Å². The van der Waals surface area contributed by atoms with Gasteiger partial charge in [0.05, 0.1) is 32.3 Å². The van der Waals surface area contributed by atoms with Crippen molar-refractivity contribution in [3.05, 3.63) is 109 Å². The molecule has 0 aliphatic carbocycles. The molecule has 0 aliphatic rings. The van der Waals surface area contributed by atoms with Gasteiger partial charge < -0.3 is 0 Å². The van der Waals surface area contributed by atoms with Crippen LogP contribution in [0.2, 0.25) is 0 Å². The van der Waals surface area contributed by atoms with E-state index in [9.17, 15) is 0 Å². The zero-order valence-electron chi connectivity index (χ0n) is 20.1. The number of nitrogens with zero attached hydrogens (tertiary/aromatic N) is 4. The zero-order valence-corrected chi connectivity index (χ0v) is 20.9. The summed E-state index contributed by atoms with van der Waals surface area (Å²) in [4.78, 5) is 14.9. The summed E-state index contributed by atoms with van der Waals surface area (Å²) >= 11 is 1.82. The first-order valence-electron chi connectivity index (χ1n) is 12.6. The van der Waals surface area contributed by atoms with E-state index in [1.54, 1.807) is 0 Å². The maximum absolute atomic E-state index is 5.29. The summed E-state index contributed by atoms with van der Waals surface area (Å²) in [7, 11) is 0. The van der Waals surface area contributed by atoms with Gasteiger partial charge in [0.1, 0.15) is 5.82 Å². The normalized spacial score (nSPS) is 12.2. The molecule has 0 radical (unpaired) electrons. The second kappa shape index (κ2) is 7.34. The molecule has 4 aromatic carbocycles. The van der Waals surface area contributed by atoms with Crippen LogP contribution in [0.4, 0.5) is 0 Å². The van der Waals surface area contributed by atoms with Gasteiger partial charge in [-0.1, -0.05) is 60.7 Å². The molecule has 4 nitrogen and oxygen atoms in total. The lowest BCUT2D eigenvalue weighted by atomic mass is 10.0. The summed E-state index contributed by atoms with van der Waals surface area (Å²) in [5.41, 5.74) is 5.21. The molecule has 0 N–H and O–H groups in total. The first-order chi connectivity index (χ1) is 18.9. The number of rotatable bonds is 1. The van der Waals surface area contributed by atoms with E-state index >= 15 is 0 Å². The summed E-state index contributed by atoms with van der Waals surface area (Å²) in [5, 5.41) is 8.26. The van der Waals surface area contributed by atoms with Crippen LogP contribution in [-0.4, -0.2) is 19.5 Å². The number of benzene rings is 4. The molecule has 5 heterocycles. The molecule has 0 aliphatic heterocycles. The molecule has 9 aromatic rings. The minimum absolute atomic E-state index is 0.890. The number of fused-ring (bicyclic) bond motifs is 13. The molecule has 0 unspecified atom stereocenters. The molecule has 0 bridgehead atoms. The van der Waals surface area contributed by atoms with Gasteiger partial charge in [0, 0.05) is 54.8 Å². The molecule has 5 heteroatoms. The van der Waals surface area contributed by atoms with Gasteiger partial charge >= 0.3 is 0 Å². The average Bonchev–Trinajstić information content (AvgIpc) is 3.53. The highest BCUT2D eigenvalue weighted by Crippen LogP contribution is 2.47. The van der Waals surface area contributed by atoms with Crippen molar-refractivity contribution >= 4 is 86.0 Å². The minimum atomic E-state index is 0.890. The third kappa shape index (κ3) is 2.56. The molecule has 0 fully saturated rings. The Morgan fingerprint density at radius 1 is 0.553 bits per heavy atom. The largest absolute Gasteiger partial charge is 0.293 e. The molecule has 0 spiro atoms. The molecule has 0 saturated carbocycles. The first kappa shape index (κ1) is 20.2. The van der Waals surface area contributed by atoms with Crippen LogP contribution in [0.3, 0.4) is 0 Å². The molecular formula is C33H18N4S. The van der Waals surface area contributed by atoms with Crippen LogP contribution in [0, 0.1) is 0 Å². The highest BCUT2D eigenvalue weighted by atomic mass is 32.1. The Hall–Kier alpha value is -4.87. The number of hydrogen-bond acceptors (Lipinski definition) is 4. The van der Waals surface area contributed by atoms with Crippen molar-refractivity contribution in [3.63, 3.8) is 0 Å². The maximum atomic E-state index is 5.29. The van der Waals surface area contributed by atoms with Crippen molar-refractivity contribution in [1.29, 1.82) is 0 Å². The number of hydrogen-bond donors (Lipinski definition) is 0. The van der Waals surface area contributed by atoms with E-state index < -0.39 is 0 Å². The SMILES string of the molecule is c1cnc2c(c1)ccc1ccc(-n3c4ccccc4c4c5cccnc5c5sc6ccccc6c5c43)nc12. The summed E-state index contributed by atoms with van der Waals surface area (Å²) in [5.74, 6) is 0.890. The van der Waals surface area contributed by atoms with Gasteiger partial charge in [0.2, 0.25) is 0 Å². The molecule has 9 rings (SSSR count). The van der Waals surface area contributed by atoms with Crippen molar-refractivity contribution in [2.45, 2.75) is 0 Å². The van der Waals surface area contributed by atoms with Crippen LogP contribution < -0.4 is 0 Å². The zero-order chi connectivity index (χ0) is 24.8. The molecular weight excluding hydrogens is 484 g/mol. The van der Waals surface area contributed by atoms with E-state index in [1.165, 1.54) is 41.8 Å². The van der Waals surface area contributed by atoms with E-state index in [0.29, 0.717) is 0 Å². The number of thiophene rings is 1. The third-order valence-corrected chi connectivity index (χ3v) is 8.82. The van der Waals surface area contributed by atoms with Crippen LogP contribution in [0.15, 0.2) is 109 Å². The van der Waals surface area contributed by atoms with Gasteiger partial charge in [-0.15, -0.1) is 11.3 Å². The lowest BCUT2D eigenvalue weighted by Gasteiger charge is -2.11. The smallest absolute Gasteiger partial charge is 0.138 e. The third-order valence-electron chi connectivity index (χ3n) is 7.65. The minimum Gasteiger partial charge on any atom is -0.293 e. The Kier molecular flexibility index (Phi) is 3.91. The van der Waals surface area contributed by atoms with E-state index in [1.807, 2.05) is 35.9 Å². The second-order valence-corrected chi connectivity index (χ2v) is 10.7. The second-order valence-electron chi connectivity index (χ2n) is 9.66. The van der Waals surface area contributed by atoms with Crippen LogP contribution in [0.25, 0.3) is 80.5 Å². The highest BCUT2D eigenvalue weighted by Gasteiger charge is 2.22. The number of para-hydroxylation sites is 1. The topological polar surface area (TPSA) is 43.6 Å². The Morgan fingerprint density at radius 2 is 1.26 bits per heavy atom. The summed E-state index contributed by atoms with van der Waals surface area (Å²) in [6.45, 7) is 0. The lowest BCUT2D eigenvalue weighted by Crippen LogP contribution is -1.99. The molecule has 5 aromatic heterocycles. The van der Waals surface area contributed by atoms with E-state index in [0.717, 1.165) is 38.7 Å². The standard InChI is InChI=1S/C33H18N4S/c1-3-11-24-21(8-1)27-23-10-6-18-35-31(23)33-28(22-9-2-4-12-25(22)38-33)32(27)37(24)26-16-15-20-14-13-19-7-5-17-34-29(19)30(20)36-26/h1-18H. The average molecular weight is 503 g/mol. The number of pyridine rings is 3. The van der Waals surface area contributed by atoms with Crippen LogP contribution in [0.1, 0.15) is 0 Å². The van der Waals surface area contributed by atoms with Crippen molar-refractivity contribution in [3.8, 4) is 5.82 Å². The van der Waals surface area contributed by atoms with Crippen LogP contribution in [-0.2, 0) is 0 Å². The Balaban J connectivity index is 1.56. The predicted molar refractivity (Wildman–Crippen MR) is 160 cm³/mol. The maximum Gasteiger partial charge on any atom is 0.138 e. The monoisotopic (exact) mass is 502 g/mol. The van der Waals surface area contributed by atoms with Gasteiger partial charge in [-0.3, -0.25) is 14.5 Å². The van der Waals surface area contributed by atoms with Gasteiger partial charge in [0.25, 0.3) is 0 Å². The fourth-order valence-electron chi connectivity index (χ4n) is 6.06. The Bertz CT molecular complexity index is 2420. The van der Waals surface area contributed by atoms with Gasteiger partial charge in [-0.25, -0.2) is 4.98 Å². The molecule has 0 saturated heterocycles. The van der Waals surface area contributed by atoms with Crippen molar-refractivity contribution < 1.29 is 0 Å². The van der Waals surface area contributed by atoms with Gasteiger partial charge in [-0.05, 0) is 36.4 Å². The number of aromatic nitrogens is 4. The Labute approximate surface area is 220 Å². The lowest BCUT2D eigenvalue weighted by molar-refractivity contribution is 1.11. The van der Waals surface area contributed by atoms with Gasteiger partial charge in [0.15, 0.2) is 0 Å². The Morgan fingerprint density at radius 3 is 2.18 bits per heavy atom. The molecule has 0 atom stereocenters. The molecule has 38 heavy (non-hydrogen) atoms. The summed E-state index contributed by atoms with van der Waals surface area (Å²) in [6, 6.07) is 34.2. The van der Waals surface area contributed by atoms with Crippen LogP contribution >= 0.6 is 11.3 Å². The van der Waals surface area contributed by atoms with Crippen molar-refractivity contribution in [2.24, 2.45) is 0 Å². The first-order valence-corrected chi connectivity index (χ1v) is 13.4. The van der Waals surface area contributed by atoms with Gasteiger partial charge in [-0.2, -0.15) is 0 Å². The van der Waals surface area contributed by atoms with Crippen molar-refractivity contribution in [1.82, 2.24) is 19.5 Å². The van der Waals surface area contributed by atoms with E-state index in [4.69, 9.17) is 15.0 Å². The van der Waals surface area contributed by atoms with E-state index in [-0.39, 0.29) is 0 Å². The predicted octanol–water partition coefficient (Wildman–Crippen LogP) is 8.80. The van der Waals surface area contributed by atoms with Crippen LogP contribution in [0.5, 0.6) is 0 Å².